The molecule has 0 bridgehead atoms. The van der Waals surface area contributed by atoms with Crippen LogP contribution in [0.15, 0.2) is 42.5 Å². The van der Waals surface area contributed by atoms with Crippen molar-refractivity contribution in [2.24, 2.45) is 5.73 Å². The van der Waals surface area contributed by atoms with Crippen LogP contribution in [0.3, 0.4) is 0 Å². The first-order chi connectivity index (χ1) is 16.6. The Kier molecular flexibility index (Phi) is 9.40. The largest absolute Gasteiger partial charge is 0.383 e. The van der Waals surface area contributed by atoms with E-state index in [0.717, 1.165) is 30.2 Å². The van der Waals surface area contributed by atoms with Crippen LogP contribution in [0.2, 0.25) is 0 Å². The molecule has 1 saturated heterocycles. The zero-order valence-corrected chi connectivity index (χ0v) is 21.2. The zero-order chi connectivity index (χ0) is 25.5. The summed E-state index contributed by atoms with van der Waals surface area (Å²) in [6, 6.07) is 7.52. The van der Waals surface area contributed by atoms with Gasteiger partial charge in [-0.2, -0.15) is 0 Å². The number of rotatable bonds is 10. The number of nitrogens with two attached hydrogens (primary N) is 1. The second-order valence-corrected chi connectivity index (χ2v) is 11.1. The zero-order valence-electron chi connectivity index (χ0n) is 20.4. The first-order valence-corrected chi connectivity index (χ1v) is 13.1. The molecule has 0 saturated carbocycles. The highest BCUT2D eigenvalue weighted by atomic mass is 32.2. The van der Waals surface area contributed by atoms with Gasteiger partial charge in [-0.25, -0.2) is 8.78 Å². The maximum absolute atomic E-state index is 13.7. The van der Waals surface area contributed by atoms with Crippen LogP contribution < -0.4 is 5.73 Å². The highest BCUT2D eigenvalue weighted by Crippen LogP contribution is 2.32. The lowest BCUT2D eigenvalue weighted by Crippen LogP contribution is -2.56. The Morgan fingerprint density at radius 2 is 1.97 bits per heavy atom. The maximum atomic E-state index is 13.7. The Morgan fingerprint density at radius 3 is 2.57 bits per heavy atom. The number of amides is 1. The molecule has 1 aliphatic carbocycles. The van der Waals surface area contributed by atoms with E-state index in [4.69, 9.17) is 10.5 Å². The Morgan fingerprint density at radius 1 is 1.29 bits per heavy atom. The highest BCUT2D eigenvalue weighted by Gasteiger charge is 2.47. The van der Waals surface area contributed by atoms with Crippen molar-refractivity contribution < 1.29 is 22.5 Å². The van der Waals surface area contributed by atoms with Crippen molar-refractivity contribution in [3.05, 3.63) is 53.6 Å². The molecular formula is C27H34F2N2O3S. The topological polar surface area (TPSA) is 72.6 Å². The van der Waals surface area contributed by atoms with Gasteiger partial charge in [0.05, 0.1) is 17.4 Å². The van der Waals surface area contributed by atoms with Gasteiger partial charge in [-0.05, 0) is 42.9 Å². The number of allylic oxidation sites excluding steroid dienone is 3. The van der Waals surface area contributed by atoms with Gasteiger partial charge in [0, 0.05) is 39.6 Å². The Labute approximate surface area is 209 Å². The second-order valence-electron chi connectivity index (χ2n) is 9.22. The van der Waals surface area contributed by atoms with E-state index in [0.29, 0.717) is 45.4 Å². The summed E-state index contributed by atoms with van der Waals surface area (Å²) in [7, 11) is 0.0514. The second kappa shape index (κ2) is 12.1. The van der Waals surface area contributed by atoms with Crippen molar-refractivity contribution in [3.8, 4) is 11.8 Å². The SMILES string of the molecule is COCCN1CCC(C(N)=O)(S(=O)C2C#CC/C=C(c3ccc(CCC(C)(F)F)cc3)\C=C/2)CC1. The molecule has 1 heterocycles. The molecule has 1 aromatic rings. The molecule has 0 spiro atoms. The van der Waals surface area contributed by atoms with Crippen molar-refractivity contribution in [1.29, 1.82) is 0 Å². The summed E-state index contributed by atoms with van der Waals surface area (Å²) in [6.07, 6.45) is 7.10. The molecule has 2 N–H and O–H groups in total. The molecule has 1 amide bonds. The number of primary amides is 1. The molecule has 5 nitrogen and oxygen atoms in total. The van der Waals surface area contributed by atoms with Crippen LogP contribution in [0.5, 0.6) is 0 Å². The van der Waals surface area contributed by atoms with Crippen LogP contribution >= 0.6 is 0 Å². The molecule has 3 rings (SSSR count). The fraction of sp³-hybridized carbons (Fsp3) is 0.519. The lowest BCUT2D eigenvalue weighted by molar-refractivity contribution is -0.121. The average Bonchev–Trinajstić information content (AvgIpc) is 2.81. The maximum Gasteiger partial charge on any atom is 0.245 e. The molecule has 2 unspecified atom stereocenters. The monoisotopic (exact) mass is 504 g/mol. The number of piperidine rings is 1. The summed E-state index contributed by atoms with van der Waals surface area (Å²) in [6.45, 7) is 3.55. The predicted molar refractivity (Wildman–Crippen MR) is 136 cm³/mol. The molecule has 0 aromatic heterocycles. The standard InChI is InChI=1S/C27H34F2N2O3S/c1-26(28,29)14-13-21-7-9-23(10-8-21)22-5-3-4-6-24(12-11-22)35(33)27(25(30)32)15-17-31(18-16-27)19-20-34-2/h5,7-12,24H,3,13-20H2,1-2H3,(H2,30,32)/b12-11-,22-5+. The summed E-state index contributed by atoms with van der Waals surface area (Å²) < 4.78 is 44.0. The van der Waals surface area contributed by atoms with Gasteiger partial charge in [0.25, 0.3) is 0 Å². The molecule has 190 valence electrons. The van der Waals surface area contributed by atoms with E-state index in [1.165, 1.54) is 0 Å². The molecule has 35 heavy (non-hydrogen) atoms. The minimum Gasteiger partial charge on any atom is -0.383 e. The van der Waals surface area contributed by atoms with Crippen molar-refractivity contribution in [1.82, 2.24) is 4.90 Å². The minimum absolute atomic E-state index is 0.191. The molecular weight excluding hydrogens is 470 g/mol. The predicted octanol–water partition coefficient (Wildman–Crippen LogP) is 3.70. The van der Waals surface area contributed by atoms with Crippen LogP contribution in [0.1, 0.15) is 43.7 Å². The van der Waals surface area contributed by atoms with Gasteiger partial charge in [0.15, 0.2) is 0 Å². The number of aryl methyl sites for hydroxylation is 1. The number of likely N-dealkylation sites (tertiary alicyclic amines) is 1. The number of hydrogen-bond donors (Lipinski definition) is 1. The fourth-order valence-electron chi connectivity index (χ4n) is 4.34. The number of carbonyl (C=O) groups excluding carboxylic acids is 1. The van der Waals surface area contributed by atoms with Crippen molar-refractivity contribution in [2.45, 2.75) is 54.9 Å². The third-order valence-corrected chi connectivity index (χ3v) is 8.71. The van der Waals surface area contributed by atoms with Crippen molar-refractivity contribution in [2.75, 3.05) is 33.4 Å². The summed E-state index contributed by atoms with van der Waals surface area (Å²) in [5.74, 6) is 2.90. The van der Waals surface area contributed by atoms with Crippen LogP contribution in [-0.4, -0.2) is 64.3 Å². The highest BCUT2D eigenvalue weighted by molar-refractivity contribution is 7.88. The first-order valence-electron chi connectivity index (χ1n) is 11.9. The van der Waals surface area contributed by atoms with Gasteiger partial charge < -0.3 is 15.4 Å². The lowest BCUT2D eigenvalue weighted by atomic mass is 9.95. The number of ether oxygens (including phenoxy) is 1. The molecule has 2 aliphatic rings. The number of methoxy groups -OCH3 is 1. The Bertz CT molecular complexity index is 1030. The van der Waals surface area contributed by atoms with E-state index in [1.807, 2.05) is 36.4 Å². The van der Waals surface area contributed by atoms with E-state index < -0.39 is 32.6 Å². The van der Waals surface area contributed by atoms with Crippen LogP contribution in [0, 0.1) is 11.8 Å². The number of carbonyl (C=O) groups is 1. The third-order valence-electron chi connectivity index (χ3n) is 6.60. The molecule has 1 aromatic carbocycles. The van der Waals surface area contributed by atoms with Crippen LogP contribution in [0.25, 0.3) is 5.57 Å². The van der Waals surface area contributed by atoms with Gasteiger partial charge in [0.2, 0.25) is 11.8 Å². The average molecular weight is 505 g/mol. The van der Waals surface area contributed by atoms with Gasteiger partial charge in [-0.1, -0.05) is 54.3 Å². The molecule has 2 atom stereocenters. The van der Waals surface area contributed by atoms with Crippen LogP contribution in [0.4, 0.5) is 8.78 Å². The normalized spacial score (nSPS) is 23.7. The van der Waals surface area contributed by atoms with Gasteiger partial charge in [-0.3, -0.25) is 9.00 Å². The number of benzene rings is 1. The number of alkyl halides is 2. The van der Waals surface area contributed by atoms with Gasteiger partial charge in [-0.15, -0.1) is 0 Å². The number of hydrogen-bond acceptors (Lipinski definition) is 4. The van der Waals surface area contributed by atoms with Gasteiger partial charge in [0.1, 0.15) is 10.00 Å². The molecule has 1 fully saturated rings. The van der Waals surface area contributed by atoms with E-state index in [9.17, 15) is 17.8 Å². The van der Waals surface area contributed by atoms with Crippen molar-refractivity contribution in [3.63, 3.8) is 0 Å². The Hall–Kier alpha value is -2.34. The third kappa shape index (κ3) is 7.33. The number of halogens is 2. The summed E-state index contributed by atoms with van der Waals surface area (Å²) in [4.78, 5) is 14.7. The quantitative estimate of drug-likeness (QED) is 0.493. The minimum atomic E-state index is -2.68. The molecule has 8 heteroatoms. The van der Waals surface area contributed by atoms with E-state index in [-0.39, 0.29) is 6.42 Å². The molecule has 0 radical (unpaired) electrons. The smallest absolute Gasteiger partial charge is 0.245 e. The van der Waals surface area contributed by atoms with E-state index in [2.05, 4.69) is 16.7 Å². The first kappa shape index (κ1) is 27.3. The summed E-state index contributed by atoms with van der Waals surface area (Å²) in [5.41, 5.74) is 8.50. The van der Waals surface area contributed by atoms with Gasteiger partial charge >= 0.3 is 0 Å². The van der Waals surface area contributed by atoms with Crippen LogP contribution in [-0.2, 0) is 26.8 Å². The number of nitrogens with zero attached hydrogens (tertiary/aromatic N) is 1. The lowest BCUT2D eigenvalue weighted by Gasteiger charge is -2.39. The summed E-state index contributed by atoms with van der Waals surface area (Å²) >= 11 is 0. The van der Waals surface area contributed by atoms with E-state index >= 15 is 0 Å². The Balaban J connectivity index is 1.72. The van der Waals surface area contributed by atoms with Crippen molar-refractivity contribution >= 4 is 22.3 Å². The van der Waals surface area contributed by atoms with E-state index in [1.54, 1.807) is 13.2 Å². The summed E-state index contributed by atoms with van der Waals surface area (Å²) in [5, 5.41) is -0.609. The fourth-order valence-corrected chi connectivity index (χ4v) is 6.02. The molecule has 1 aliphatic heterocycles.